The SMILES string of the molecule is CCOC(=O)c1[nH]c(C)c(CCC(=O)N2CCC[C@@H](C(=O)NCc3ccc(C)cc3)C2)c1C. The molecule has 1 aliphatic heterocycles. The van der Waals surface area contributed by atoms with Gasteiger partial charge in [-0.1, -0.05) is 29.8 Å². The minimum atomic E-state index is -0.369. The number of H-pyrrole nitrogens is 1. The van der Waals surface area contributed by atoms with E-state index in [9.17, 15) is 14.4 Å². The summed E-state index contributed by atoms with van der Waals surface area (Å²) in [5, 5.41) is 3.02. The summed E-state index contributed by atoms with van der Waals surface area (Å²) in [6, 6.07) is 8.10. The molecule has 0 unspecified atom stereocenters. The van der Waals surface area contributed by atoms with Gasteiger partial charge in [0.05, 0.1) is 12.5 Å². The number of nitrogens with one attached hydrogen (secondary N) is 2. The summed E-state index contributed by atoms with van der Waals surface area (Å²) in [7, 11) is 0. The molecule has 2 heterocycles. The van der Waals surface area contributed by atoms with Gasteiger partial charge in [-0.2, -0.15) is 0 Å². The molecule has 3 rings (SSSR count). The van der Waals surface area contributed by atoms with E-state index in [0.717, 1.165) is 35.2 Å². The Balaban J connectivity index is 1.53. The lowest BCUT2D eigenvalue weighted by Gasteiger charge is -2.32. The van der Waals surface area contributed by atoms with Gasteiger partial charge in [0.1, 0.15) is 5.69 Å². The second-order valence-corrected chi connectivity index (χ2v) is 8.83. The third kappa shape index (κ3) is 6.24. The van der Waals surface area contributed by atoms with Gasteiger partial charge in [-0.25, -0.2) is 4.79 Å². The first-order valence-corrected chi connectivity index (χ1v) is 11.8. The van der Waals surface area contributed by atoms with Crippen LogP contribution in [0.5, 0.6) is 0 Å². The van der Waals surface area contributed by atoms with Crippen molar-refractivity contribution >= 4 is 17.8 Å². The Kier molecular flexibility index (Phi) is 8.31. The van der Waals surface area contributed by atoms with Crippen LogP contribution in [0, 0.1) is 26.7 Å². The molecule has 2 aromatic rings. The molecule has 178 valence electrons. The van der Waals surface area contributed by atoms with Gasteiger partial charge in [0.25, 0.3) is 0 Å². The van der Waals surface area contributed by atoms with Crippen molar-refractivity contribution < 1.29 is 19.1 Å². The number of rotatable bonds is 8. The first kappa shape index (κ1) is 24.6. The van der Waals surface area contributed by atoms with Crippen LogP contribution >= 0.6 is 0 Å². The monoisotopic (exact) mass is 453 g/mol. The Morgan fingerprint density at radius 3 is 2.58 bits per heavy atom. The van der Waals surface area contributed by atoms with Crippen LogP contribution in [-0.2, 0) is 27.3 Å². The van der Waals surface area contributed by atoms with Crippen LogP contribution in [0.2, 0.25) is 0 Å². The van der Waals surface area contributed by atoms with Crippen molar-refractivity contribution in [1.29, 1.82) is 0 Å². The Morgan fingerprint density at radius 1 is 1.15 bits per heavy atom. The number of hydrogen-bond donors (Lipinski definition) is 2. The van der Waals surface area contributed by atoms with Gasteiger partial charge < -0.3 is 19.9 Å². The second kappa shape index (κ2) is 11.2. The largest absolute Gasteiger partial charge is 0.461 e. The lowest BCUT2D eigenvalue weighted by atomic mass is 9.96. The summed E-state index contributed by atoms with van der Waals surface area (Å²) in [6.07, 6.45) is 2.51. The van der Waals surface area contributed by atoms with E-state index in [2.05, 4.69) is 10.3 Å². The van der Waals surface area contributed by atoms with E-state index < -0.39 is 0 Å². The van der Waals surface area contributed by atoms with Gasteiger partial charge >= 0.3 is 5.97 Å². The van der Waals surface area contributed by atoms with Gasteiger partial charge in [0.15, 0.2) is 0 Å². The van der Waals surface area contributed by atoms with Crippen LogP contribution < -0.4 is 5.32 Å². The zero-order chi connectivity index (χ0) is 24.0. The maximum atomic E-state index is 12.9. The van der Waals surface area contributed by atoms with Gasteiger partial charge in [0, 0.05) is 31.7 Å². The number of amides is 2. The van der Waals surface area contributed by atoms with E-state index >= 15 is 0 Å². The number of carbonyl (C=O) groups excluding carboxylic acids is 3. The molecule has 1 fully saturated rings. The molecule has 7 heteroatoms. The van der Waals surface area contributed by atoms with Crippen molar-refractivity contribution in [3.8, 4) is 0 Å². The molecule has 1 aromatic carbocycles. The van der Waals surface area contributed by atoms with E-state index in [1.165, 1.54) is 5.56 Å². The zero-order valence-electron chi connectivity index (χ0n) is 20.1. The molecular formula is C26H35N3O4. The van der Waals surface area contributed by atoms with Gasteiger partial charge in [-0.15, -0.1) is 0 Å². The quantitative estimate of drug-likeness (QED) is 0.598. The minimum absolute atomic E-state index is 0.00415. The third-order valence-corrected chi connectivity index (χ3v) is 6.39. The molecule has 0 saturated carbocycles. The molecular weight excluding hydrogens is 418 g/mol. The molecule has 0 spiro atoms. The van der Waals surface area contributed by atoms with Crippen molar-refractivity contribution in [3.05, 3.63) is 57.9 Å². The number of piperidine rings is 1. The third-order valence-electron chi connectivity index (χ3n) is 6.39. The summed E-state index contributed by atoms with van der Waals surface area (Å²) in [5.74, 6) is -0.501. The molecule has 1 saturated heterocycles. The van der Waals surface area contributed by atoms with Crippen LogP contribution in [0.1, 0.15) is 64.6 Å². The van der Waals surface area contributed by atoms with E-state index in [1.54, 1.807) is 6.92 Å². The minimum Gasteiger partial charge on any atom is -0.461 e. The Labute approximate surface area is 195 Å². The maximum Gasteiger partial charge on any atom is 0.355 e. The lowest BCUT2D eigenvalue weighted by Crippen LogP contribution is -2.45. The average Bonchev–Trinajstić information content (AvgIpc) is 3.10. The number of likely N-dealkylation sites (tertiary alicyclic amines) is 1. The van der Waals surface area contributed by atoms with Gasteiger partial charge in [-0.05, 0) is 63.6 Å². The molecule has 0 bridgehead atoms. The van der Waals surface area contributed by atoms with Gasteiger partial charge in [0.2, 0.25) is 11.8 Å². The van der Waals surface area contributed by atoms with E-state index in [-0.39, 0.29) is 23.7 Å². The summed E-state index contributed by atoms with van der Waals surface area (Å²) < 4.78 is 5.10. The van der Waals surface area contributed by atoms with Crippen LogP contribution in [0.4, 0.5) is 0 Å². The highest BCUT2D eigenvalue weighted by atomic mass is 16.5. The fraction of sp³-hybridized carbons (Fsp3) is 0.500. The maximum absolute atomic E-state index is 12.9. The predicted molar refractivity (Wildman–Crippen MR) is 127 cm³/mol. The number of carbonyl (C=O) groups is 3. The molecule has 7 nitrogen and oxygen atoms in total. The summed E-state index contributed by atoms with van der Waals surface area (Å²) >= 11 is 0. The molecule has 2 amide bonds. The number of ether oxygens (including phenoxy) is 1. The van der Waals surface area contributed by atoms with Crippen molar-refractivity contribution in [3.63, 3.8) is 0 Å². The van der Waals surface area contributed by atoms with Crippen molar-refractivity contribution in [2.75, 3.05) is 19.7 Å². The summed E-state index contributed by atoms with van der Waals surface area (Å²) in [5.41, 5.74) is 5.42. The van der Waals surface area contributed by atoms with Crippen LogP contribution in [0.15, 0.2) is 24.3 Å². The van der Waals surface area contributed by atoms with Crippen molar-refractivity contribution in [2.45, 2.75) is 59.9 Å². The molecule has 1 atom stereocenters. The van der Waals surface area contributed by atoms with E-state index in [0.29, 0.717) is 44.8 Å². The topological polar surface area (TPSA) is 91.5 Å². The standard InChI is InChI=1S/C26H35N3O4/c1-5-33-26(32)24-18(3)22(19(4)28-24)12-13-23(30)29-14-6-7-21(16-29)25(31)27-15-20-10-8-17(2)9-11-20/h8-11,21,28H,5-7,12-16H2,1-4H3,(H,27,31)/t21-/m1/s1. The highest BCUT2D eigenvalue weighted by Crippen LogP contribution is 2.22. The van der Waals surface area contributed by atoms with Crippen LogP contribution in [0.3, 0.4) is 0 Å². The fourth-order valence-electron chi connectivity index (χ4n) is 4.42. The predicted octanol–water partition coefficient (Wildman–Crippen LogP) is 3.60. The van der Waals surface area contributed by atoms with E-state index in [4.69, 9.17) is 4.74 Å². The zero-order valence-corrected chi connectivity index (χ0v) is 20.1. The Hall–Kier alpha value is -3.09. The number of aryl methyl sites for hydroxylation is 2. The van der Waals surface area contributed by atoms with Crippen molar-refractivity contribution in [1.82, 2.24) is 15.2 Å². The highest BCUT2D eigenvalue weighted by molar-refractivity contribution is 5.90. The summed E-state index contributed by atoms with van der Waals surface area (Å²) in [6.45, 7) is 9.55. The number of aromatic amines is 1. The van der Waals surface area contributed by atoms with E-state index in [1.807, 2.05) is 49.9 Å². The smallest absolute Gasteiger partial charge is 0.355 e. The Bertz CT molecular complexity index is 994. The summed E-state index contributed by atoms with van der Waals surface area (Å²) in [4.78, 5) is 42.6. The fourth-order valence-corrected chi connectivity index (χ4v) is 4.42. The van der Waals surface area contributed by atoms with Crippen molar-refractivity contribution in [2.24, 2.45) is 5.92 Å². The normalized spacial score (nSPS) is 15.9. The number of hydrogen-bond acceptors (Lipinski definition) is 4. The lowest BCUT2D eigenvalue weighted by molar-refractivity contribution is -0.135. The molecule has 1 aromatic heterocycles. The Morgan fingerprint density at radius 2 is 1.88 bits per heavy atom. The number of esters is 1. The first-order valence-electron chi connectivity index (χ1n) is 11.8. The molecule has 2 N–H and O–H groups in total. The first-order chi connectivity index (χ1) is 15.8. The average molecular weight is 454 g/mol. The van der Waals surface area contributed by atoms with Gasteiger partial charge in [-0.3, -0.25) is 9.59 Å². The number of nitrogens with zero attached hydrogens (tertiary/aromatic N) is 1. The molecule has 33 heavy (non-hydrogen) atoms. The molecule has 1 aliphatic rings. The highest BCUT2D eigenvalue weighted by Gasteiger charge is 2.28. The molecule has 0 aliphatic carbocycles. The molecule has 0 radical (unpaired) electrons. The number of benzene rings is 1. The second-order valence-electron chi connectivity index (χ2n) is 8.83. The van der Waals surface area contributed by atoms with Crippen LogP contribution in [-0.4, -0.2) is 47.4 Å². The van der Waals surface area contributed by atoms with Crippen LogP contribution in [0.25, 0.3) is 0 Å². The number of aromatic nitrogens is 1.